The van der Waals surface area contributed by atoms with Crippen LogP contribution in [0.25, 0.3) is 77.2 Å². The molecule has 2 heteroatoms. The minimum Gasteiger partial charge on any atom is -0.456 e. The van der Waals surface area contributed by atoms with E-state index < -0.39 is 0 Å². The molecular weight excluding hydrogens is 763 g/mol. The van der Waals surface area contributed by atoms with E-state index in [1.165, 1.54) is 92.9 Å². The van der Waals surface area contributed by atoms with Crippen molar-refractivity contribution in [2.24, 2.45) is 0 Å². The van der Waals surface area contributed by atoms with Gasteiger partial charge in [-0.3, -0.25) is 0 Å². The molecule has 12 rings (SSSR count). The average molecular weight is 812 g/mol. The maximum absolute atomic E-state index is 6.30. The molecule has 0 radical (unpaired) electrons. The first-order valence-corrected chi connectivity index (χ1v) is 22.8. The summed E-state index contributed by atoms with van der Waals surface area (Å²) >= 11 is 0. The molecule has 2 aliphatic carbocycles. The van der Waals surface area contributed by atoms with Crippen molar-refractivity contribution in [2.45, 2.75) is 57.3 Å². The van der Waals surface area contributed by atoms with Crippen LogP contribution in [0.2, 0.25) is 0 Å². The van der Waals surface area contributed by atoms with Gasteiger partial charge in [0.15, 0.2) is 0 Å². The van der Waals surface area contributed by atoms with Crippen LogP contribution in [0.3, 0.4) is 0 Å². The quantitative estimate of drug-likeness (QED) is 0.159. The minimum absolute atomic E-state index is 0.0508. The van der Waals surface area contributed by atoms with Gasteiger partial charge in [0.05, 0.1) is 5.69 Å². The third-order valence-corrected chi connectivity index (χ3v) is 14.3. The van der Waals surface area contributed by atoms with Crippen molar-refractivity contribution in [3.63, 3.8) is 0 Å². The average Bonchev–Trinajstić information content (AvgIpc) is 3.83. The highest BCUT2D eigenvalue weighted by molar-refractivity contribution is 6.06. The maximum Gasteiger partial charge on any atom is 0.136 e. The largest absolute Gasteiger partial charge is 0.456 e. The highest BCUT2D eigenvalue weighted by Gasteiger charge is 2.35. The molecule has 1 heterocycles. The Bertz CT molecular complexity index is 3340. The van der Waals surface area contributed by atoms with Gasteiger partial charge in [-0.25, -0.2) is 0 Å². The Balaban J connectivity index is 0.978. The molecule has 9 aromatic carbocycles. The number of nitrogens with zero attached hydrogens (tertiary/aromatic N) is 1. The molecule has 0 spiro atoms. The van der Waals surface area contributed by atoms with E-state index in [0.717, 1.165) is 50.1 Å². The molecule has 1 aromatic heterocycles. The number of fused-ring (bicyclic) bond motifs is 7. The summed E-state index contributed by atoms with van der Waals surface area (Å²) in [7, 11) is 0. The minimum atomic E-state index is -0.0508. The first-order chi connectivity index (χ1) is 31.0. The Kier molecular flexibility index (Phi) is 8.97. The Labute approximate surface area is 370 Å². The van der Waals surface area contributed by atoms with Gasteiger partial charge in [0, 0.05) is 33.1 Å². The van der Waals surface area contributed by atoms with Crippen molar-refractivity contribution >= 4 is 49.8 Å². The van der Waals surface area contributed by atoms with Crippen LogP contribution < -0.4 is 4.90 Å². The number of para-hydroxylation sites is 2. The van der Waals surface area contributed by atoms with E-state index in [1.807, 2.05) is 12.1 Å². The summed E-state index contributed by atoms with van der Waals surface area (Å²) in [5.74, 6) is 0.588. The SMILES string of the molecule is CC1(C)c2ccccc2-c2ccc(-c3ccc(N(c4ccc(-c5ccc6c(c5)oc5ccccc56)cc4)c4ccccc4-c4cccc5cccc(C6CCCCC6)c45)cc3)cc21. The lowest BCUT2D eigenvalue weighted by Crippen LogP contribution is -2.14. The summed E-state index contributed by atoms with van der Waals surface area (Å²) < 4.78 is 6.30. The Morgan fingerprint density at radius 3 is 1.81 bits per heavy atom. The molecule has 0 saturated heterocycles. The van der Waals surface area contributed by atoms with Gasteiger partial charge in [-0.15, -0.1) is 0 Å². The molecule has 1 fully saturated rings. The van der Waals surface area contributed by atoms with Crippen molar-refractivity contribution < 1.29 is 4.42 Å². The van der Waals surface area contributed by atoms with Crippen molar-refractivity contribution in [1.82, 2.24) is 0 Å². The molecule has 304 valence electrons. The van der Waals surface area contributed by atoms with E-state index in [1.54, 1.807) is 0 Å². The zero-order valence-corrected chi connectivity index (χ0v) is 35.9. The predicted molar refractivity (Wildman–Crippen MR) is 266 cm³/mol. The molecule has 63 heavy (non-hydrogen) atoms. The molecule has 0 atom stereocenters. The number of anilines is 3. The van der Waals surface area contributed by atoms with Gasteiger partial charge >= 0.3 is 0 Å². The summed E-state index contributed by atoms with van der Waals surface area (Å²) in [6, 6.07) is 72.0. The van der Waals surface area contributed by atoms with Crippen LogP contribution in [-0.4, -0.2) is 0 Å². The molecule has 0 unspecified atom stereocenters. The van der Waals surface area contributed by atoms with Gasteiger partial charge in [0.1, 0.15) is 11.2 Å². The van der Waals surface area contributed by atoms with Gasteiger partial charge in [0.2, 0.25) is 0 Å². The Morgan fingerprint density at radius 1 is 0.444 bits per heavy atom. The van der Waals surface area contributed by atoms with Crippen LogP contribution in [0.5, 0.6) is 0 Å². The number of furan rings is 1. The van der Waals surface area contributed by atoms with E-state index in [4.69, 9.17) is 4.42 Å². The lowest BCUT2D eigenvalue weighted by Gasteiger charge is -2.29. The zero-order chi connectivity index (χ0) is 42.1. The van der Waals surface area contributed by atoms with Gasteiger partial charge in [-0.2, -0.15) is 0 Å². The van der Waals surface area contributed by atoms with Crippen molar-refractivity contribution in [1.29, 1.82) is 0 Å². The van der Waals surface area contributed by atoms with Crippen LogP contribution in [0, 0.1) is 0 Å². The van der Waals surface area contributed by atoms with E-state index >= 15 is 0 Å². The zero-order valence-electron chi connectivity index (χ0n) is 35.9. The van der Waals surface area contributed by atoms with Gasteiger partial charge in [0.25, 0.3) is 0 Å². The molecular formula is C61H49NO. The summed E-state index contributed by atoms with van der Waals surface area (Å²) in [4.78, 5) is 2.45. The fraction of sp³-hybridized carbons (Fsp3) is 0.148. The second kappa shape index (κ2) is 15.0. The second-order valence-electron chi connectivity index (χ2n) is 18.3. The van der Waals surface area contributed by atoms with E-state index in [2.05, 4.69) is 201 Å². The molecule has 0 amide bonds. The number of rotatable bonds is 7. The topological polar surface area (TPSA) is 16.4 Å². The summed E-state index contributed by atoms with van der Waals surface area (Å²) in [5.41, 5.74) is 19.4. The van der Waals surface area contributed by atoms with Crippen LogP contribution >= 0.6 is 0 Å². The third kappa shape index (κ3) is 6.30. The molecule has 0 N–H and O–H groups in total. The second-order valence-corrected chi connectivity index (χ2v) is 18.3. The first-order valence-electron chi connectivity index (χ1n) is 22.8. The molecule has 1 saturated carbocycles. The molecule has 2 aliphatic rings. The molecule has 10 aromatic rings. The monoisotopic (exact) mass is 811 g/mol. The van der Waals surface area contributed by atoms with Crippen molar-refractivity contribution in [2.75, 3.05) is 4.90 Å². The third-order valence-electron chi connectivity index (χ3n) is 14.3. The number of benzene rings is 9. The molecule has 0 bridgehead atoms. The summed E-state index contributed by atoms with van der Waals surface area (Å²) in [6.07, 6.45) is 6.48. The number of hydrogen-bond acceptors (Lipinski definition) is 2. The van der Waals surface area contributed by atoms with Crippen molar-refractivity contribution in [3.05, 3.63) is 211 Å². The first kappa shape index (κ1) is 37.6. The fourth-order valence-electron chi connectivity index (χ4n) is 11.1. The predicted octanol–water partition coefficient (Wildman–Crippen LogP) is 17.6. The van der Waals surface area contributed by atoms with Crippen LogP contribution in [0.1, 0.15) is 68.6 Å². The van der Waals surface area contributed by atoms with E-state index in [9.17, 15) is 0 Å². The molecule has 2 nitrogen and oxygen atoms in total. The fourth-order valence-corrected chi connectivity index (χ4v) is 11.1. The molecule has 0 aliphatic heterocycles. The van der Waals surface area contributed by atoms with Crippen LogP contribution in [-0.2, 0) is 5.41 Å². The van der Waals surface area contributed by atoms with Gasteiger partial charge < -0.3 is 9.32 Å². The van der Waals surface area contributed by atoms with Gasteiger partial charge in [-0.05, 0) is 140 Å². The lowest BCUT2D eigenvalue weighted by molar-refractivity contribution is 0.445. The number of hydrogen-bond donors (Lipinski definition) is 0. The maximum atomic E-state index is 6.30. The van der Waals surface area contributed by atoms with Crippen molar-refractivity contribution in [3.8, 4) is 44.5 Å². The normalized spacial score (nSPS) is 14.6. The Hall–Kier alpha value is -7.16. The van der Waals surface area contributed by atoms with Crippen LogP contribution in [0.4, 0.5) is 17.1 Å². The Morgan fingerprint density at radius 2 is 1.03 bits per heavy atom. The van der Waals surface area contributed by atoms with E-state index in [0.29, 0.717) is 5.92 Å². The highest BCUT2D eigenvalue weighted by atomic mass is 16.3. The van der Waals surface area contributed by atoms with Crippen LogP contribution in [0.15, 0.2) is 199 Å². The standard InChI is InChI=1S/C61H49NO/c1-61(2)55-23-9-6-18-49(55)50-36-30-44(38-56(50)61)40-26-32-46(33-27-40)62(47-34-28-41(29-35-47)45-31-37-53-52-20-8-11-25-58(52)63-59(53)39-45)57-24-10-7-19-51(57)54-22-13-17-43-16-12-21-48(60(43)54)42-14-4-3-5-15-42/h6-13,16-39,42H,3-5,14-15H2,1-2H3. The lowest BCUT2D eigenvalue weighted by atomic mass is 9.80. The summed E-state index contributed by atoms with van der Waals surface area (Å²) in [6.45, 7) is 4.72. The van der Waals surface area contributed by atoms with E-state index in [-0.39, 0.29) is 5.41 Å². The van der Waals surface area contributed by atoms with Gasteiger partial charge in [-0.1, -0.05) is 173 Å². The smallest absolute Gasteiger partial charge is 0.136 e. The highest BCUT2D eigenvalue weighted by Crippen LogP contribution is 2.50. The summed E-state index contributed by atoms with van der Waals surface area (Å²) in [5, 5.41) is 5.00.